The van der Waals surface area contributed by atoms with Crippen molar-refractivity contribution in [3.05, 3.63) is 70.9 Å². The van der Waals surface area contributed by atoms with E-state index in [0.29, 0.717) is 22.7 Å². The van der Waals surface area contributed by atoms with Crippen LogP contribution in [0.5, 0.6) is 5.75 Å². The molecule has 0 saturated carbocycles. The Morgan fingerprint density at radius 3 is 2.72 bits per heavy atom. The molecule has 9 heteroatoms. The first-order chi connectivity index (χ1) is 15.5. The standard InChI is InChI=1S/C23H23N5O2S2/c1-15-9-10-18(11-16(15)2)30-12-20-26-27-23(28(20)3)32-14-21(29)25-22-24-19(13-31-22)17-7-5-4-6-8-17/h4-11,13H,12,14H2,1-3H3,(H,24,25,29). The zero-order chi connectivity index (χ0) is 22.5. The van der Waals surface area contributed by atoms with Crippen LogP contribution in [0.4, 0.5) is 5.13 Å². The fraction of sp³-hybridized carbons (Fsp3) is 0.217. The van der Waals surface area contributed by atoms with E-state index in [1.807, 2.05) is 65.5 Å². The Hall–Kier alpha value is -3.17. The van der Waals surface area contributed by atoms with Crippen LogP contribution in [0.2, 0.25) is 0 Å². The minimum absolute atomic E-state index is 0.139. The van der Waals surface area contributed by atoms with Gasteiger partial charge in [-0.3, -0.25) is 4.79 Å². The van der Waals surface area contributed by atoms with E-state index in [1.54, 1.807) is 0 Å². The number of hydrogen-bond acceptors (Lipinski definition) is 7. The summed E-state index contributed by atoms with van der Waals surface area (Å²) in [6.45, 7) is 4.43. The summed E-state index contributed by atoms with van der Waals surface area (Å²) in [4.78, 5) is 16.9. The van der Waals surface area contributed by atoms with Gasteiger partial charge in [-0.2, -0.15) is 0 Å². The Morgan fingerprint density at radius 1 is 1.12 bits per heavy atom. The first-order valence-electron chi connectivity index (χ1n) is 10.0. The summed E-state index contributed by atoms with van der Waals surface area (Å²) in [5, 5.41) is 14.4. The number of nitrogens with one attached hydrogen (secondary N) is 1. The van der Waals surface area contributed by atoms with Crippen molar-refractivity contribution < 1.29 is 9.53 Å². The zero-order valence-electron chi connectivity index (χ0n) is 18.0. The number of anilines is 1. The number of amides is 1. The van der Waals surface area contributed by atoms with Crippen LogP contribution < -0.4 is 10.1 Å². The molecule has 1 amide bonds. The molecule has 0 radical (unpaired) electrons. The van der Waals surface area contributed by atoms with Crippen LogP contribution in [0.1, 0.15) is 17.0 Å². The second kappa shape index (κ2) is 9.97. The van der Waals surface area contributed by atoms with Gasteiger partial charge < -0.3 is 14.6 Å². The number of carbonyl (C=O) groups is 1. The van der Waals surface area contributed by atoms with Gasteiger partial charge in [-0.1, -0.05) is 48.2 Å². The molecule has 0 aliphatic heterocycles. The Bertz CT molecular complexity index is 1220. The molecule has 0 aliphatic rings. The van der Waals surface area contributed by atoms with E-state index >= 15 is 0 Å². The molecule has 0 bridgehead atoms. The fourth-order valence-electron chi connectivity index (χ4n) is 2.91. The number of ether oxygens (including phenoxy) is 1. The topological polar surface area (TPSA) is 81.9 Å². The average molecular weight is 466 g/mol. The Labute approximate surface area is 194 Å². The Kier molecular flexibility index (Phi) is 6.87. The van der Waals surface area contributed by atoms with Gasteiger partial charge in [0.25, 0.3) is 0 Å². The predicted octanol–water partition coefficient (Wildman–Crippen LogP) is 4.87. The normalized spacial score (nSPS) is 10.8. The van der Waals surface area contributed by atoms with Gasteiger partial charge >= 0.3 is 0 Å². The van der Waals surface area contributed by atoms with E-state index in [0.717, 1.165) is 17.0 Å². The van der Waals surface area contributed by atoms with Crippen molar-refractivity contribution in [3.63, 3.8) is 0 Å². The first-order valence-corrected chi connectivity index (χ1v) is 11.9. The van der Waals surface area contributed by atoms with E-state index in [4.69, 9.17) is 4.74 Å². The third kappa shape index (κ3) is 5.35. The summed E-state index contributed by atoms with van der Waals surface area (Å²) in [6, 6.07) is 15.9. The first kappa shape index (κ1) is 22.0. The maximum atomic E-state index is 12.4. The summed E-state index contributed by atoms with van der Waals surface area (Å²) in [5.41, 5.74) is 4.27. The van der Waals surface area contributed by atoms with Gasteiger partial charge in [-0.25, -0.2) is 4.98 Å². The van der Waals surface area contributed by atoms with Gasteiger partial charge in [0.15, 0.2) is 16.1 Å². The van der Waals surface area contributed by atoms with E-state index in [-0.39, 0.29) is 11.7 Å². The van der Waals surface area contributed by atoms with Crippen molar-refractivity contribution in [2.45, 2.75) is 25.6 Å². The fourth-order valence-corrected chi connectivity index (χ4v) is 4.37. The second-order valence-electron chi connectivity index (χ2n) is 7.23. The molecule has 2 aromatic heterocycles. The maximum absolute atomic E-state index is 12.4. The summed E-state index contributed by atoms with van der Waals surface area (Å²) in [5.74, 6) is 1.56. The molecule has 4 rings (SSSR count). The number of carbonyl (C=O) groups excluding carboxylic acids is 1. The van der Waals surface area contributed by atoms with E-state index < -0.39 is 0 Å². The van der Waals surface area contributed by atoms with Gasteiger partial charge in [0.1, 0.15) is 12.4 Å². The van der Waals surface area contributed by atoms with E-state index in [1.165, 1.54) is 34.2 Å². The van der Waals surface area contributed by atoms with Gasteiger partial charge in [0, 0.05) is 18.0 Å². The lowest BCUT2D eigenvalue weighted by molar-refractivity contribution is -0.113. The summed E-state index contributed by atoms with van der Waals surface area (Å²) in [7, 11) is 1.87. The second-order valence-corrected chi connectivity index (χ2v) is 9.03. The van der Waals surface area contributed by atoms with Crippen LogP contribution in [0, 0.1) is 13.8 Å². The number of rotatable bonds is 8. The minimum Gasteiger partial charge on any atom is -0.486 e. The SMILES string of the molecule is Cc1ccc(OCc2nnc(SCC(=O)Nc3nc(-c4ccccc4)cs3)n2C)cc1C. The molecule has 7 nitrogen and oxygen atoms in total. The number of thiazole rings is 1. The molecule has 2 heterocycles. The van der Waals surface area contributed by atoms with Gasteiger partial charge in [-0.15, -0.1) is 21.5 Å². The number of thioether (sulfide) groups is 1. The van der Waals surface area contributed by atoms with Crippen molar-refractivity contribution in [1.82, 2.24) is 19.7 Å². The summed E-state index contributed by atoms with van der Waals surface area (Å²) >= 11 is 2.73. The number of nitrogens with zero attached hydrogens (tertiary/aromatic N) is 4. The smallest absolute Gasteiger partial charge is 0.236 e. The van der Waals surface area contributed by atoms with Crippen LogP contribution in [-0.4, -0.2) is 31.4 Å². The average Bonchev–Trinajstić information content (AvgIpc) is 3.40. The van der Waals surface area contributed by atoms with Crippen molar-refractivity contribution in [2.75, 3.05) is 11.1 Å². The van der Waals surface area contributed by atoms with Crippen molar-refractivity contribution in [2.24, 2.45) is 7.05 Å². The summed E-state index contributed by atoms with van der Waals surface area (Å²) in [6.07, 6.45) is 0. The molecule has 32 heavy (non-hydrogen) atoms. The molecular formula is C23H23N5O2S2. The van der Waals surface area contributed by atoms with Crippen LogP contribution in [0.25, 0.3) is 11.3 Å². The van der Waals surface area contributed by atoms with Gasteiger partial charge in [0.2, 0.25) is 5.91 Å². The van der Waals surface area contributed by atoms with Crippen LogP contribution >= 0.6 is 23.1 Å². The molecule has 0 atom stereocenters. The number of benzene rings is 2. The largest absolute Gasteiger partial charge is 0.486 e. The minimum atomic E-state index is -0.139. The van der Waals surface area contributed by atoms with Gasteiger partial charge in [-0.05, 0) is 37.1 Å². The van der Waals surface area contributed by atoms with Crippen LogP contribution in [0.3, 0.4) is 0 Å². The van der Waals surface area contributed by atoms with Gasteiger partial charge in [0.05, 0.1) is 11.4 Å². The lowest BCUT2D eigenvalue weighted by Crippen LogP contribution is -2.14. The highest BCUT2D eigenvalue weighted by Gasteiger charge is 2.13. The molecule has 0 aliphatic carbocycles. The number of aromatic nitrogens is 4. The molecule has 0 fully saturated rings. The zero-order valence-corrected chi connectivity index (χ0v) is 19.7. The maximum Gasteiger partial charge on any atom is 0.236 e. The lowest BCUT2D eigenvalue weighted by Gasteiger charge is -2.08. The molecule has 0 saturated heterocycles. The predicted molar refractivity (Wildman–Crippen MR) is 128 cm³/mol. The molecule has 1 N–H and O–H groups in total. The van der Waals surface area contributed by atoms with Crippen molar-refractivity contribution in [1.29, 1.82) is 0 Å². The molecule has 4 aromatic rings. The molecule has 0 unspecified atom stereocenters. The third-order valence-corrected chi connectivity index (χ3v) is 6.70. The highest BCUT2D eigenvalue weighted by Crippen LogP contribution is 2.25. The van der Waals surface area contributed by atoms with Crippen LogP contribution in [0.15, 0.2) is 59.1 Å². The van der Waals surface area contributed by atoms with Crippen molar-refractivity contribution >= 4 is 34.1 Å². The monoisotopic (exact) mass is 465 g/mol. The molecule has 2 aromatic carbocycles. The third-order valence-electron chi connectivity index (χ3n) is 4.92. The number of aryl methyl sites for hydroxylation is 2. The van der Waals surface area contributed by atoms with E-state index in [2.05, 4.69) is 34.3 Å². The van der Waals surface area contributed by atoms with E-state index in [9.17, 15) is 4.79 Å². The Morgan fingerprint density at radius 2 is 1.94 bits per heavy atom. The van der Waals surface area contributed by atoms with Crippen LogP contribution in [-0.2, 0) is 18.4 Å². The molecule has 0 spiro atoms. The number of hydrogen-bond donors (Lipinski definition) is 1. The Balaban J connectivity index is 1.29. The quantitative estimate of drug-likeness (QED) is 0.374. The highest BCUT2D eigenvalue weighted by atomic mass is 32.2. The molecule has 164 valence electrons. The molecular weight excluding hydrogens is 442 g/mol. The van der Waals surface area contributed by atoms with Crippen molar-refractivity contribution in [3.8, 4) is 17.0 Å². The highest BCUT2D eigenvalue weighted by molar-refractivity contribution is 7.99. The summed E-state index contributed by atoms with van der Waals surface area (Å²) < 4.78 is 7.69. The lowest BCUT2D eigenvalue weighted by atomic mass is 10.1.